The fourth-order valence-electron chi connectivity index (χ4n) is 6.63. The Morgan fingerprint density at radius 1 is 0.368 bits per heavy atom. The molecule has 1 unspecified atom stereocenters. The van der Waals surface area contributed by atoms with Gasteiger partial charge in [0.05, 0.1) is 0 Å². The fourth-order valence-corrected chi connectivity index (χ4v) is 6.63. The Morgan fingerprint density at radius 3 is 1.16 bits per heavy atom. The van der Waals surface area contributed by atoms with E-state index in [9.17, 15) is 14.4 Å². The molecule has 6 heteroatoms. The van der Waals surface area contributed by atoms with E-state index < -0.39 is 6.10 Å². The highest BCUT2D eigenvalue weighted by molar-refractivity contribution is 5.71. The van der Waals surface area contributed by atoms with Crippen LogP contribution in [0, 0.1) is 0 Å². The van der Waals surface area contributed by atoms with Gasteiger partial charge in [0.25, 0.3) is 0 Å². The van der Waals surface area contributed by atoms with Crippen LogP contribution in [0.2, 0.25) is 0 Å². The van der Waals surface area contributed by atoms with Crippen LogP contribution in [-0.4, -0.2) is 37.2 Å². The van der Waals surface area contributed by atoms with Gasteiger partial charge in [-0.3, -0.25) is 14.4 Å². The first kappa shape index (κ1) is 54.4. The zero-order valence-electron chi connectivity index (χ0n) is 37.6. The number of hydrogen-bond acceptors (Lipinski definition) is 6. The second kappa shape index (κ2) is 46.1. The van der Waals surface area contributed by atoms with E-state index in [1.807, 2.05) is 0 Å². The number of allylic oxidation sites excluding steroid dienone is 8. The monoisotopic (exact) mass is 799 g/mol. The van der Waals surface area contributed by atoms with Crippen molar-refractivity contribution >= 4 is 17.9 Å². The summed E-state index contributed by atoms with van der Waals surface area (Å²) in [5, 5.41) is 0. The maximum Gasteiger partial charge on any atom is 0.306 e. The van der Waals surface area contributed by atoms with E-state index in [-0.39, 0.29) is 31.1 Å². The third-order valence-corrected chi connectivity index (χ3v) is 10.3. The van der Waals surface area contributed by atoms with Gasteiger partial charge in [0, 0.05) is 19.3 Å². The quantitative estimate of drug-likeness (QED) is 0.0265. The predicted molar refractivity (Wildman–Crippen MR) is 242 cm³/mol. The molecular formula is C51H90O6. The predicted octanol–water partition coefficient (Wildman–Crippen LogP) is 15.5. The lowest BCUT2D eigenvalue weighted by Gasteiger charge is -2.18. The smallest absolute Gasteiger partial charge is 0.306 e. The van der Waals surface area contributed by atoms with E-state index >= 15 is 0 Å². The summed E-state index contributed by atoms with van der Waals surface area (Å²) in [5.41, 5.74) is 0. The minimum Gasteiger partial charge on any atom is -0.462 e. The lowest BCUT2D eigenvalue weighted by atomic mass is 10.1. The number of esters is 3. The SMILES string of the molecule is CC/C=C\C/C=C\CCCCC(=O)OCC(COC(=O)CCCCCCCCC/C=C\CCCCCCCCCC)OC(=O)CCCCCCC/C=C\CCCC. The van der Waals surface area contributed by atoms with Crippen molar-refractivity contribution in [2.45, 2.75) is 245 Å². The molecular weight excluding hydrogens is 709 g/mol. The second-order valence-corrected chi connectivity index (χ2v) is 16.0. The largest absolute Gasteiger partial charge is 0.462 e. The molecule has 0 saturated carbocycles. The van der Waals surface area contributed by atoms with Crippen LogP contribution >= 0.6 is 0 Å². The second-order valence-electron chi connectivity index (χ2n) is 16.0. The fraction of sp³-hybridized carbons (Fsp3) is 0.784. The molecule has 330 valence electrons. The van der Waals surface area contributed by atoms with Crippen LogP contribution in [-0.2, 0) is 28.6 Å². The van der Waals surface area contributed by atoms with Crippen LogP contribution in [0.1, 0.15) is 239 Å². The Hall–Kier alpha value is -2.63. The Morgan fingerprint density at radius 2 is 0.702 bits per heavy atom. The maximum atomic E-state index is 12.7. The number of hydrogen-bond donors (Lipinski definition) is 0. The van der Waals surface area contributed by atoms with E-state index in [1.54, 1.807) is 0 Å². The first-order chi connectivity index (χ1) is 28.0. The molecule has 0 bridgehead atoms. The molecule has 0 aromatic carbocycles. The van der Waals surface area contributed by atoms with E-state index in [2.05, 4.69) is 69.4 Å². The Balaban J connectivity index is 4.29. The lowest BCUT2D eigenvalue weighted by Crippen LogP contribution is -2.30. The summed E-state index contributed by atoms with van der Waals surface area (Å²) in [6.07, 6.45) is 54.0. The number of carbonyl (C=O) groups is 3. The number of carbonyl (C=O) groups excluding carboxylic acids is 3. The van der Waals surface area contributed by atoms with Crippen molar-refractivity contribution in [3.63, 3.8) is 0 Å². The van der Waals surface area contributed by atoms with Crippen molar-refractivity contribution < 1.29 is 28.6 Å². The standard InChI is InChI=1S/C51H90O6/c1-4-7-10-13-16-19-21-22-23-24-25-26-27-28-30-32-35-38-41-44-50(53)56-47-48(46-55-49(52)43-40-37-34-31-18-15-12-9-6-3)57-51(54)45-42-39-36-33-29-20-17-14-11-8-5-2/h9,12,14,17-18,24-25,31,48H,4-8,10-11,13,15-16,19-23,26-30,32-47H2,1-3H3/b12-9-,17-14-,25-24-,31-18-. The first-order valence-electron chi connectivity index (χ1n) is 24.1. The molecule has 0 rings (SSSR count). The highest BCUT2D eigenvalue weighted by atomic mass is 16.6. The molecule has 57 heavy (non-hydrogen) atoms. The van der Waals surface area contributed by atoms with Crippen molar-refractivity contribution in [2.75, 3.05) is 13.2 Å². The summed E-state index contributed by atoms with van der Waals surface area (Å²) < 4.78 is 16.7. The third-order valence-electron chi connectivity index (χ3n) is 10.3. The van der Waals surface area contributed by atoms with E-state index in [0.29, 0.717) is 19.3 Å². The molecule has 0 aromatic rings. The highest BCUT2D eigenvalue weighted by Crippen LogP contribution is 2.14. The van der Waals surface area contributed by atoms with Gasteiger partial charge >= 0.3 is 17.9 Å². The van der Waals surface area contributed by atoms with Crippen molar-refractivity contribution in [2.24, 2.45) is 0 Å². The minimum atomic E-state index is -0.788. The maximum absolute atomic E-state index is 12.7. The lowest BCUT2D eigenvalue weighted by molar-refractivity contribution is -0.167. The van der Waals surface area contributed by atoms with Gasteiger partial charge in [-0.15, -0.1) is 0 Å². The Bertz CT molecular complexity index is 1010. The van der Waals surface area contributed by atoms with Gasteiger partial charge in [0.2, 0.25) is 0 Å². The van der Waals surface area contributed by atoms with Gasteiger partial charge in [0.15, 0.2) is 6.10 Å². The average Bonchev–Trinajstić information content (AvgIpc) is 3.21. The number of rotatable bonds is 43. The Kier molecular flexibility index (Phi) is 43.9. The number of ether oxygens (including phenoxy) is 3. The summed E-state index contributed by atoms with van der Waals surface area (Å²) >= 11 is 0. The summed E-state index contributed by atoms with van der Waals surface area (Å²) in [5.74, 6) is -0.941. The summed E-state index contributed by atoms with van der Waals surface area (Å²) in [4.78, 5) is 37.7. The third kappa shape index (κ3) is 44.3. The summed E-state index contributed by atoms with van der Waals surface area (Å²) in [6.45, 7) is 6.43. The minimum absolute atomic E-state index is 0.0888. The van der Waals surface area contributed by atoms with Crippen molar-refractivity contribution in [3.05, 3.63) is 48.6 Å². The van der Waals surface area contributed by atoms with Gasteiger partial charge in [-0.1, -0.05) is 179 Å². The summed E-state index contributed by atoms with van der Waals surface area (Å²) in [7, 11) is 0. The van der Waals surface area contributed by atoms with Crippen LogP contribution in [0.4, 0.5) is 0 Å². The van der Waals surface area contributed by atoms with Crippen molar-refractivity contribution in [1.29, 1.82) is 0 Å². The molecule has 1 atom stereocenters. The van der Waals surface area contributed by atoms with Crippen molar-refractivity contribution in [1.82, 2.24) is 0 Å². The van der Waals surface area contributed by atoms with Gasteiger partial charge in [-0.05, 0) is 89.9 Å². The number of unbranched alkanes of at least 4 members (excludes halogenated alkanes) is 24. The van der Waals surface area contributed by atoms with Crippen LogP contribution in [0.15, 0.2) is 48.6 Å². The highest BCUT2D eigenvalue weighted by Gasteiger charge is 2.19. The van der Waals surface area contributed by atoms with E-state index in [0.717, 1.165) is 83.5 Å². The van der Waals surface area contributed by atoms with Crippen LogP contribution in [0.25, 0.3) is 0 Å². The van der Waals surface area contributed by atoms with Gasteiger partial charge < -0.3 is 14.2 Å². The van der Waals surface area contributed by atoms with Crippen LogP contribution < -0.4 is 0 Å². The molecule has 0 heterocycles. The van der Waals surface area contributed by atoms with Gasteiger partial charge in [-0.2, -0.15) is 0 Å². The van der Waals surface area contributed by atoms with Crippen LogP contribution in [0.3, 0.4) is 0 Å². The van der Waals surface area contributed by atoms with Crippen molar-refractivity contribution in [3.8, 4) is 0 Å². The Labute approximate surface area is 352 Å². The van der Waals surface area contributed by atoms with E-state index in [4.69, 9.17) is 14.2 Å². The molecule has 0 radical (unpaired) electrons. The first-order valence-corrected chi connectivity index (χ1v) is 24.1. The topological polar surface area (TPSA) is 78.9 Å². The molecule has 0 aliphatic carbocycles. The normalized spacial score (nSPS) is 12.4. The van der Waals surface area contributed by atoms with E-state index in [1.165, 1.54) is 116 Å². The molecule has 0 amide bonds. The molecule has 0 spiro atoms. The average molecular weight is 799 g/mol. The molecule has 0 N–H and O–H groups in total. The van der Waals surface area contributed by atoms with Gasteiger partial charge in [0.1, 0.15) is 13.2 Å². The molecule has 0 aliphatic rings. The molecule has 0 fully saturated rings. The zero-order chi connectivity index (χ0) is 41.5. The summed E-state index contributed by atoms with van der Waals surface area (Å²) in [6, 6.07) is 0. The zero-order valence-corrected chi connectivity index (χ0v) is 37.6. The molecule has 0 saturated heterocycles. The van der Waals surface area contributed by atoms with Crippen LogP contribution in [0.5, 0.6) is 0 Å². The molecule has 0 aromatic heterocycles. The van der Waals surface area contributed by atoms with Gasteiger partial charge in [-0.25, -0.2) is 0 Å². The molecule has 6 nitrogen and oxygen atoms in total. The molecule has 0 aliphatic heterocycles.